The third-order valence-electron chi connectivity index (χ3n) is 11.9. The third-order valence-corrected chi connectivity index (χ3v) is 11.9. The lowest BCUT2D eigenvalue weighted by molar-refractivity contribution is -0.287. The molecule has 3 unspecified atom stereocenters. The van der Waals surface area contributed by atoms with E-state index in [2.05, 4.69) is 6.92 Å². The maximum Gasteiger partial charge on any atom is 0.334 e. The van der Waals surface area contributed by atoms with Crippen LogP contribution in [0.2, 0.25) is 0 Å². The van der Waals surface area contributed by atoms with E-state index in [1.165, 1.54) is 0 Å². The van der Waals surface area contributed by atoms with Gasteiger partial charge in [-0.2, -0.15) is 0 Å². The molecule has 4 saturated heterocycles. The molecule has 2 saturated carbocycles. The number of aliphatic hydroxyl groups is 4. The molecule has 0 bridgehead atoms. The highest BCUT2D eigenvalue weighted by Crippen LogP contribution is 2.83. The number of hydrogen-bond donors (Lipinski definition) is 4. The molecule has 0 aromatic carbocycles. The molecule has 8 rings (SSSR count). The topological polar surface area (TPSA) is 207 Å². The highest BCUT2D eigenvalue weighted by Gasteiger charge is 3.01. The van der Waals surface area contributed by atoms with Crippen molar-refractivity contribution >= 4 is 17.9 Å². The Hall–Kier alpha value is -2.17. The molecule has 8 aliphatic rings. The van der Waals surface area contributed by atoms with Crippen molar-refractivity contribution in [1.82, 2.24) is 0 Å². The zero-order valence-electron chi connectivity index (χ0n) is 24.7. The van der Waals surface area contributed by atoms with E-state index in [-0.39, 0.29) is 61.0 Å². The molecule has 242 valence electrons. The molecule has 14 atom stereocenters. The predicted octanol–water partition coefficient (Wildman–Crippen LogP) is -1.22. The second-order valence-electron chi connectivity index (χ2n) is 14.1. The van der Waals surface area contributed by atoms with Crippen molar-refractivity contribution in [1.29, 1.82) is 0 Å². The minimum atomic E-state index is -1.76. The standard InChI is InChI=1S/C30H38O14/c1-11(2)28-22(43-28)23-30(44-23)27(3)7-6-12-13(9-39-24(12)36)14(27)8-16-29(30,42-16)26(28)41-18(32)5-4-17(31)38-10-15-19(33)20(34)21(35)25(37)40-15/h11,14-16,19-23,25-26,33-35,37H,4-10H2,1-3H3/t14-,15?,16-,19+,20-,21?,22-,23-,25?,26+,27-,28-,29+,30+/m0/s1. The molecule has 44 heavy (non-hydrogen) atoms. The summed E-state index contributed by atoms with van der Waals surface area (Å²) in [6, 6.07) is 0. The predicted molar refractivity (Wildman–Crippen MR) is 140 cm³/mol. The van der Waals surface area contributed by atoms with Gasteiger partial charge in [-0.15, -0.1) is 0 Å². The van der Waals surface area contributed by atoms with E-state index < -0.39 is 72.2 Å². The van der Waals surface area contributed by atoms with Crippen molar-refractivity contribution in [3.05, 3.63) is 11.1 Å². The van der Waals surface area contributed by atoms with Gasteiger partial charge in [0.05, 0.1) is 18.9 Å². The van der Waals surface area contributed by atoms with Crippen LogP contribution in [0.4, 0.5) is 0 Å². The smallest absolute Gasteiger partial charge is 0.334 e. The molecule has 0 radical (unpaired) electrons. The van der Waals surface area contributed by atoms with E-state index in [0.717, 1.165) is 11.1 Å². The van der Waals surface area contributed by atoms with Gasteiger partial charge in [0.25, 0.3) is 0 Å². The van der Waals surface area contributed by atoms with Crippen molar-refractivity contribution in [2.24, 2.45) is 17.3 Å². The first kappa shape index (κ1) is 29.2. The number of rotatable bonds is 7. The van der Waals surface area contributed by atoms with Crippen LogP contribution in [0.3, 0.4) is 0 Å². The molecule has 5 heterocycles. The van der Waals surface area contributed by atoms with Crippen LogP contribution in [-0.4, -0.2) is 123 Å². The van der Waals surface area contributed by atoms with Crippen LogP contribution < -0.4 is 0 Å². The molecule has 3 aliphatic carbocycles. The van der Waals surface area contributed by atoms with Crippen molar-refractivity contribution in [2.45, 2.75) is 125 Å². The number of fused-ring (bicyclic) bond motifs is 4. The lowest BCUT2D eigenvalue weighted by atomic mass is 9.46. The third kappa shape index (κ3) is 3.46. The number of esters is 3. The maximum atomic E-state index is 13.3. The average Bonchev–Trinajstić information content (AvgIpc) is 3.90. The van der Waals surface area contributed by atoms with Gasteiger partial charge < -0.3 is 53.6 Å². The molecular formula is C30H38O14. The zero-order valence-corrected chi connectivity index (χ0v) is 24.7. The van der Waals surface area contributed by atoms with Crippen LogP contribution in [0, 0.1) is 17.3 Å². The fourth-order valence-electron chi connectivity index (χ4n) is 9.55. The Balaban J connectivity index is 0.974. The largest absolute Gasteiger partial charge is 0.463 e. The molecule has 5 aliphatic heterocycles. The molecule has 14 nitrogen and oxygen atoms in total. The minimum Gasteiger partial charge on any atom is -0.463 e. The van der Waals surface area contributed by atoms with Crippen molar-refractivity contribution in [2.75, 3.05) is 13.2 Å². The molecule has 0 amide bonds. The number of hydrogen-bond acceptors (Lipinski definition) is 14. The number of ether oxygens (including phenoxy) is 7. The van der Waals surface area contributed by atoms with Gasteiger partial charge in [0.2, 0.25) is 0 Å². The number of aliphatic hydroxyl groups excluding tert-OH is 4. The molecule has 4 N–H and O–H groups in total. The van der Waals surface area contributed by atoms with Crippen LogP contribution in [-0.2, 0) is 47.5 Å². The van der Waals surface area contributed by atoms with Gasteiger partial charge in [0.1, 0.15) is 61.0 Å². The van der Waals surface area contributed by atoms with Crippen molar-refractivity contribution in [3.63, 3.8) is 0 Å². The summed E-state index contributed by atoms with van der Waals surface area (Å²) in [4.78, 5) is 38.2. The molecule has 0 aromatic heterocycles. The lowest BCUT2D eigenvalue weighted by Crippen LogP contribution is -2.70. The molecule has 6 fully saturated rings. The van der Waals surface area contributed by atoms with Gasteiger partial charge in [-0.1, -0.05) is 20.8 Å². The number of carbonyl (C=O) groups is 3. The first-order valence-electron chi connectivity index (χ1n) is 15.5. The van der Waals surface area contributed by atoms with Crippen molar-refractivity contribution in [3.8, 4) is 0 Å². The number of epoxide rings is 3. The van der Waals surface area contributed by atoms with Gasteiger partial charge in [0, 0.05) is 11.0 Å². The first-order chi connectivity index (χ1) is 20.8. The van der Waals surface area contributed by atoms with E-state index in [0.29, 0.717) is 19.3 Å². The quantitative estimate of drug-likeness (QED) is 0.149. The van der Waals surface area contributed by atoms with Gasteiger partial charge in [-0.25, -0.2) is 4.79 Å². The summed E-state index contributed by atoms with van der Waals surface area (Å²) in [7, 11) is 0. The monoisotopic (exact) mass is 622 g/mol. The van der Waals surface area contributed by atoms with E-state index in [1.807, 2.05) is 13.8 Å². The van der Waals surface area contributed by atoms with Crippen LogP contribution in [0.1, 0.15) is 52.9 Å². The van der Waals surface area contributed by atoms with Gasteiger partial charge in [0.15, 0.2) is 18.0 Å². The van der Waals surface area contributed by atoms with Crippen LogP contribution >= 0.6 is 0 Å². The minimum absolute atomic E-state index is 0.0186. The second kappa shape index (κ2) is 9.22. The Morgan fingerprint density at radius 2 is 1.75 bits per heavy atom. The van der Waals surface area contributed by atoms with E-state index >= 15 is 0 Å². The highest BCUT2D eigenvalue weighted by molar-refractivity contribution is 5.92. The van der Waals surface area contributed by atoms with Gasteiger partial charge >= 0.3 is 17.9 Å². The second-order valence-corrected chi connectivity index (χ2v) is 14.1. The fraction of sp³-hybridized carbons (Fsp3) is 0.833. The summed E-state index contributed by atoms with van der Waals surface area (Å²) in [5, 5.41) is 39.2. The summed E-state index contributed by atoms with van der Waals surface area (Å²) < 4.78 is 41.4. The summed E-state index contributed by atoms with van der Waals surface area (Å²) in [6.07, 6.45) is -8.18. The Labute approximate surface area is 252 Å². The summed E-state index contributed by atoms with van der Waals surface area (Å²) >= 11 is 0. The van der Waals surface area contributed by atoms with Crippen molar-refractivity contribution < 1.29 is 68.0 Å². The summed E-state index contributed by atoms with van der Waals surface area (Å²) in [5.74, 6) is -1.62. The molecular weight excluding hydrogens is 584 g/mol. The van der Waals surface area contributed by atoms with Crippen LogP contribution in [0.5, 0.6) is 0 Å². The van der Waals surface area contributed by atoms with Crippen LogP contribution in [0.25, 0.3) is 0 Å². The van der Waals surface area contributed by atoms with Gasteiger partial charge in [-0.3, -0.25) is 9.59 Å². The highest BCUT2D eigenvalue weighted by atomic mass is 16.8. The SMILES string of the molecule is CC(C)[C@]12O[C@H]1[C@@H]1O[C@]13[C@]1(O[C@H]1C[C@H]1C4=C(CC[C@@]13C)C(=O)OC4)[C@@H]2OC(=O)CCC(=O)OCC1OC(O)C(O)[C@@H](O)[C@@H]1O. The molecule has 2 spiro atoms. The van der Waals surface area contributed by atoms with Gasteiger partial charge in [-0.05, 0) is 36.7 Å². The Bertz CT molecular complexity index is 1350. The van der Waals surface area contributed by atoms with E-state index in [4.69, 9.17) is 33.2 Å². The summed E-state index contributed by atoms with van der Waals surface area (Å²) in [6.45, 7) is 6.01. The van der Waals surface area contributed by atoms with Crippen LogP contribution in [0.15, 0.2) is 11.1 Å². The first-order valence-corrected chi connectivity index (χ1v) is 15.5. The average molecular weight is 623 g/mol. The van der Waals surface area contributed by atoms with E-state index in [9.17, 15) is 34.8 Å². The maximum absolute atomic E-state index is 13.3. The Morgan fingerprint density at radius 1 is 1.00 bits per heavy atom. The Morgan fingerprint density at radius 3 is 2.50 bits per heavy atom. The zero-order chi connectivity index (χ0) is 31.1. The lowest BCUT2D eigenvalue weighted by Gasteiger charge is -2.53. The fourth-order valence-corrected chi connectivity index (χ4v) is 9.55. The Kier molecular flexibility index (Phi) is 6.13. The molecule has 14 heteroatoms. The number of carbonyl (C=O) groups excluding carboxylic acids is 3. The summed E-state index contributed by atoms with van der Waals surface area (Å²) in [5.41, 5.74) is -1.01. The van der Waals surface area contributed by atoms with E-state index in [1.54, 1.807) is 0 Å². The normalized spacial score (nSPS) is 52.4. The molecule has 0 aromatic rings. The number of cyclic esters (lactones) is 1.